The minimum absolute atomic E-state index is 0.0945. The highest BCUT2D eigenvalue weighted by Gasteiger charge is 2.29. The van der Waals surface area contributed by atoms with Crippen molar-refractivity contribution in [2.75, 3.05) is 20.3 Å². The molecule has 0 radical (unpaired) electrons. The zero-order valence-corrected chi connectivity index (χ0v) is 11.0. The Labute approximate surface area is 107 Å². The topological polar surface area (TPSA) is 68.7 Å². The summed E-state index contributed by atoms with van der Waals surface area (Å²) in [6.45, 7) is 3.79. The summed E-state index contributed by atoms with van der Waals surface area (Å²) in [6.07, 6.45) is 2.22. The molecule has 0 atom stereocenters. The Balaban J connectivity index is 2.55. The molecule has 0 unspecified atom stereocenters. The number of carbonyl (C=O) groups excluding carboxylic acids is 1. The zero-order valence-electron chi connectivity index (χ0n) is 11.0. The van der Waals surface area contributed by atoms with Gasteiger partial charge in [0.15, 0.2) is 0 Å². The minimum Gasteiger partial charge on any atom is -0.476 e. The number of pyridine rings is 1. The van der Waals surface area contributed by atoms with Crippen molar-refractivity contribution in [3.63, 3.8) is 0 Å². The summed E-state index contributed by atoms with van der Waals surface area (Å²) in [5.41, 5.74) is 0.234. The predicted octanol–water partition coefficient (Wildman–Crippen LogP) is 1.19. The van der Waals surface area contributed by atoms with Crippen LogP contribution >= 0.6 is 0 Å². The van der Waals surface area contributed by atoms with Crippen molar-refractivity contribution < 1.29 is 19.4 Å². The fourth-order valence-corrected chi connectivity index (χ4v) is 1.36. The second-order valence-electron chi connectivity index (χ2n) is 4.64. The molecule has 0 aliphatic carbocycles. The minimum atomic E-state index is -0.708. The first-order chi connectivity index (χ1) is 8.49. The molecule has 100 valence electrons. The molecule has 0 aliphatic rings. The van der Waals surface area contributed by atoms with Crippen molar-refractivity contribution >= 4 is 5.97 Å². The van der Waals surface area contributed by atoms with Gasteiger partial charge < -0.3 is 14.6 Å². The smallest absolute Gasteiger partial charge is 0.314 e. The van der Waals surface area contributed by atoms with Gasteiger partial charge in [0, 0.05) is 18.9 Å². The Bertz CT molecular complexity index is 386. The van der Waals surface area contributed by atoms with Crippen molar-refractivity contribution in [3.8, 4) is 5.88 Å². The molecular weight excluding hydrogens is 234 g/mol. The van der Waals surface area contributed by atoms with E-state index in [0.717, 1.165) is 5.56 Å². The molecule has 1 aromatic rings. The number of hydrogen-bond acceptors (Lipinski definition) is 5. The van der Waals surface area contributed by atoms with Gasteiger partial charge in [0.05, 0.1) is 12.5 Å². The molecule has 0 spiro atoms. The van der Waals surface area contributed by atoms with Crippen LogP contribution in [0.3, 0.4) is 0 Å². The number of carbonyl (C=O) groups is 1. The Hall–Kier alpha value is -1.62. The summed E-state index contributed by atoms with van der Waals surface area (Å²) in [5.74, 6) is 0.132. The summed E-state index contributed by atoms with van der Waals surface area (Å²) >= 11 is 0. The van der Waals surface area contributed by atoms with Gasteiger partial charge in [-0.2, -0.15) is 0 Å². The van der Waals surface area contributed by atoms with E-state index in [-0.39, 0.29) is 19.2 Å². The monoisotopic (exact) mass is 253 g/mol. The molecule has 0 bridgehead atoms. The number of aliphatic hydroxyl groups is 1. The van der Waals surface area contributed by atoms with E-state index in [9.17, 15) is 4.79 Å². The first kappa shape index (κ1) is 14.4. The van der Waals surface area contributed by atoms with Crippen molar-refractivity contribution in [2.24, 2.45) is 5.41 Å². The second-order valence-corrected chi connectivity index (χ2v) is 4.64. The maximum absolute atomic E-state index is 11.4. The Morgan fingerprint density at radius 3 is 2.67 bits per heavy atom. The van der Waals surface area contributed by atoms with E-state index in [1.54, 1.807) is 26.1 Å². The van der Waals surface area contributed by atoms with E-state index < -0.39 is 5.41 Å². The van der Waals surface area contributed by atoms with Crippen LogP contribution in [-0.2, 0) is 16.0 Å². The van der Waals surface area contributed by atoms with Crippen LogP contribution in [0.5, 0.6) is 5.88 Å². The van der Waals surface area contributed by atoms with Crippen LogP contribution in [0.1, 0.15) is 19.4 Å². The molecule has 0 fully saturated rings. The molecule has 1 rings (SSSR count). The van der Waals surface area contributed by atoms with Crippen LogP contribution in [-0.4, -0.2) is 36.4 Å². The summed E-state index contributed by atoms with van der Waals surface area (Å²) in [6, 6.07) is 3.56. The first-order valence-electron chi connectivity index (χ1n) is 5.76. The first-order valence-corrected chi connectivity index (χ1v) is 5.76. The Morgan fingerprint density at radius 2 is 2.17 bits per heavy atom. The number of rotatable bonds is 6. The number of aliphatic hydroxyl groups excluding tert-OH is 1. The number of ether oxygens (including phenoxy) is 2. The molecule has 5 heteroatoms. The summed E-state index contributed by atoms with van der Waals surface area (Å²) in [5, 5.41) is 8.78. The number of hydrogen-bond donors (Lipinski definition) is 1. The molecule has 1 heterocycles. The largest absolute Gasteiger partial charge is 0.476 e. The highest BCUT2D eigenvalue weighted by molar-refractivity contribution is 5.75. The third-order valence-corrected chi connectivity index (χ3v) is 2.52. The van der Waals surface area contributed by atoms with Gasteiger partial charge in [-0.15, -0.1) is 0 Å². The summed E-state index contributed by atoms with van der Waals surface area (Å²) in [7, 11) is 1.35. The molecule has 1 N–H and O–H groups in total. The van der Waals surface area contributed by atoms with Gasteiger partial charge in [0.2, 0.25) is 5.88 Å². The summed E-state index contributed by atoms with van der Waals surface area (Å²) < 4.78 is 10.1. The highest BCUT2D eigenvalue weighted by atomic mass is 16.5. The molecular formula is C13H19NO4. The fraction of sp³-hybridized carbons (Fsp3) is 0.538. The van der Waals surface area contributed by atoms with Crippen LogP contribution < -0.4 is 4.74 Å². The molecule has 0 aromatic carbocycles. The van der Waals surface area contributed by atoms with Crippen molar-refractivity contribution in [2.45, 2.75) is 20.3 Å². The standard InChI is InChI=1S/C13H19NO4/c1-13(2,12(16)17-3)9-18-11-5-4-10(6-7-15)8-14-11/h4-5,8,15H,6-7,9H2,1-3H3. The SMILES string of the molecule is COC(=O)C(C)(C)COc1ccc(CCO)cn1. The lowest BCUT2D eigenvalue weighted by atomic mass is 9.95. The van der Waals surface area contributed by atoms with E-state index in [1.165, 1.54) is 7.11 Å². The van der Waals surface area contributed by atoms with Crippen molar-refractivity contribution in [3.05, 3.63) is 23.9 Å². The lowest BCUT2D eigenvalue weighted by molar-refractivity contribution is -0.152. The van der Waals surface area contributed by atoms with Crippen LogP contribution in [0.2, 0.25) is 0 Å². The quantitative estimate of drug-likeness (QED) is 0.771. The highest BCUT2D eigenvalue weighted by Crippen LogP contribution is 2.19. The number of nitrogens with zero attached hydrogens (tertiary/aromatic N) is 1. The molecule has 0 saturated heterocycles. The predicted molar refractivity (Wildman–Crippen MR) is 66.3 cm³/mol. The molecule has 1 aromatic heterocycles. The number of aromatic nitrogens is 1. The maximum Gasteiger partial charge on any atom is 0.314 e. The lowest BCUT2D eigenvalue weighted by Crippen LogP contribution is -2.32. The lowest BCUT2D eigenvalue weighted by Gasteiger charge is -2.21. The molecule has 0 aliphatic heterocycles. The van der Waals surface area contributed by atoms with Crippen LogP contribution in [0.25, 0.3) is 0 Å². The van der Waals surface area contributed by atoms with Crippen LogP contribution in [0, 0.1) is 5.41 Å². The molecule has 18 heavy (non-hydrogen) atoms. The Morgan fingerprint density at radius 1 is 1.44 bits per heavy atom. The summed E-state index contributed by atoms with van der Waals surface area (Å²) in [4.78, 5) is 15.5. The van der Waals surface area contributed by atoms with Crippen LogP contribution in [0.15, 0.2) is 18.3 Å². The maximum atomic E-state index is 11.4. The van der Waals surface area contributed by atoms with Gasteiger partial charge in [-0.05, 0) is 25.8 Å². The average Bonchev–Trinajstić information content (AvgIpc) is 2.37. The van der Waals surface area contributed by atoms with E-state index in [1.807, 2.05) is 6.07 Å². The van der Waals surface area contributed by atoms with E-state index in [4.69, 9.17) is 9.84 Å². The second kappa shape index (κ2) is 6.35. The van der Waals surface area contributed by atoms with Gasteiger partial charge in [-0.1, -0.05) is 6.07 Å². The van der Waals surface area contributed by atoms with Crippen molar-refractivity contribution in [1.29, 1.82) is 0 Å². The zero-order chi connectivity index (χ0) is 13.6. The average molecular weight is 253 g/mol. The molecule has 5 nitrogen and oxygen atoms in total. The number of methoxy groups -OCH3 is 1. The van der Waals surface area contributed by atoms with Crippen LogP contribution in [0.4, 0.5) is 0 Å². The van der Waals surface area contributed by atoms with Crippen molar-refractivity contribution in [1.82, 2.24) is 4.98 Å². The van der Waals surface area contributed by atoms with Gasteiger partial charge in [-0.3, -0.25) is 4.79 Å². The number of esters is 1. The Kier molecular flexibility index (Phi) is 5.09. The normalized spacial score (nSPS) is 11.1. The van der Waals surface area contributed by atoms with E-state index in [0.29, 0.717) is 12.3 Å². The van der Waals surface area contributed by atoms with Gasteiger partial charge in [0.25, 0.3) is 0 Å². The van der Waals surface area contributed by atoms with Gasteiger partial charge in [-0.25, -0.2) is 4.98 Å². The van der Waals surface area contributed by atoms with Gasteiger partial charge in [0.1, 0.15) is 6.61 Å². The third-order valence-electron chi connectivity index (χ3n) is 2.52. The van der Waals surface area contributed by atoms with E-state index >= 15 is 0 Å². The third kappa shape index (κ3) is 4.00. The molecule has 0 saturated carbocycles. The fourth-order valence-electron chi connectivity index (χ4n) is 1.36. The molecule has 0 amide bonds. The van der Waals surface area contributed by atoms with Gasteiger partial charge >= 0.3 is 5.97 Å². The van der Waals surface area contributed by atoms with E-state index in [2.05, 4.69) is 9.72 Å².